The van der Waals surface area contributed by atoms with E-state index < -0.39 is 0 Å². The van der Waals surface area contributed by atoms with Crippen molar-refractivity contribution in [3.8, 4) is 0 Å². The molecule has 144 valence electrons. The van der Waals surface area contributed by atoms with Crippen LogP contribution in [0.1, 0.15) is 31.2 Å². The molecule has 3 heterocycles. The smallest absolute Gasteiger partial charge is 0.228 e. The third-order valence-electron chi connectivity index (χ3n) is 5.73. The van der Waals surface area contributed by atoms with E-state index in [0.717, 1.165) is 31.4 Å². The molecule has 1 aliphatic carbocycles. The van der Waals surface area contributed by atoms with Crippen molar-refractivity contribution >= 4 is 17.7 Å². The zero-order valence-electron chi connectivity index (χ0n) is 15.5. The Morgan fingerprint density at radius 3 is 2.22 bits per heavy atom. The monoisotopic (exact) mass is 370 g/mol. The van der Waals surface area contributed by atoms with Gasteiger partial charge in [0.05, 0.1) is 5.92 Å². The minimum Gasteiger partial charge on any atom is -0.341 e. The lowest BCUT2D eigenvalue weighted by atomic mass is 10.1. The highest BCUT2D eigenvalue weighted by Gasteiger charge is 2.38. The van der Waals surface area contributed by atoms with E-state index in [0.29, 0.717) is 32.7 Å². The number of aromatic nitrogens is 1. The van der Waals surface area contributed by atoms with E-state index in [1.54, 1.807) is 17.3 Å². The second-order valence-electron chi connectivity index (χ2n) is 7.81. The number of carbonyl (C=O) groups is 3. The molecule has 1 saturated carbocycles. The van der Waals surface area contributed by atoms with Crippen LogP contribution in [0.25, 0.3) is 0 Å². The van der Waals surface area contributed by atoms with E-state index in [1.165, 1.54) is 0 Å². The summed E-state index contributed by atoms with van der Waals surface area (Å²) in [5.41, 5.74) is 1.02. The Kier molecular flexibility index (Phi) is 5.09. The molecule has 0 spiro atoms. The Morgan fingerprint density at radius 2 is 1.59 bits per heavy atom. The molecule has 1 aromatic heterocycles. The summed E-state index contributed by atoms with van der Waals surface area (Å²) in [5.74, 6) is 0.294. The number of hydrogen-bond donors (Lipinski definition) is 0. The lowest BCUT2D eigenvalue weighted by Crippen LogP contribution is -2.41. The van der Waals surface area contributed by atoms with E-state index in [4.69, 9.17) is 0 Å². The average molecular weight is 370 g/mol. The third-order valence-corrected chi connectivity index (χ3v) is 5.73. The molecule has 4 rings (SSSR count). The normalized spacial score (nSPS) is 23.5. The Bertz CT molecular complexity index is 719. The van der Waals surface area contributed by atoms with Gasteiger partial charge in [0.2, 0.25) is 17.7 Å². The minimum atomic E-state index is -0.273. The summed E-state index contributed by atoms with van der Waals surface area (Å²) in [6.07, 6.45) is 6.54. The quantitative estimate of drug-likeness (QED) is 0.789. The van der Waals surface area contributed by atoms with Crippen molar-refractivity contribution in [2.45, 2.75) is 32.2 Å². The highest BCUT2D eigenvalue weighted by Crippen LogP contribution is 2.31. The van der Waals surface area contributed by atoms with Gasteiger partial charge in [0.15, 0.2) is 0 Å². The lowest BCUT2D eigenvalue weighted by molar-refractivity contribution is -0.136. The van der Waals surface area contributed by atoms with Gasteiger partial charge in [-0.2, -0.15) is 0 Å². The van der Waals surface area contributed by atoms with E-state index in [9.17, 15) is 14.4 Å². The van der Waals surface area contributed by atoms with E-state index in [2.05, 4.69) is 4.98 Å². The number of carbonyl (C=O) groups excluding carboxylic acids is 3. The standard InChI is InChI=1S/C20H26N4O3/c25-18-12-17(14-24(18)13-15-4-6-21-7-5-15)20(27)23-9-1-8-22(10-11-23)19(26)16-2-3-16/h4-7,16-17H,1-3,8-14H2/t17-/m0/s1. The second-order valence-corrected chi connectivity index (χ2v) is 7.81. The van der Waals surface area contributed by atoms with Crippen LogP contribution in [0, 0.1) is 11.8 Å². The Hall–Kier alpha value is -2.44. The summed E-state index contributed by atoms with van der Waals surface area (Å²) in [6.45, 7) is 3.59. The first kappa shape index (κ1) is 17.9. The number of nitrogens with zero attached hydrogens (tertiary/aromatic N) is 4. The predicted octanol–water partition coefficient (Wildman–Crippen LogP) is 0.901. The zero-order chi connectivity index (χ0) is 18.8. The Balaban J connectivity index is 1.32. The van der Waals surface area contributed by atoms with Crippen LogP contribution in [0.3, 0.4) is 0 Å². The molecule has 0 aromatic carbocycles. The van der Waals surface area contributed by atoms with Crippen molar-refractivity contribution < 1.29 is 14.4 Å². The van der Waals surface area contributed by atoms with E-state index >= 15 is 0 Å². The summed E-state index contributed by atoms with van der Waals surface area (Å²) in [6, 6.07) is 3.78. The van der Waals surface area contributed by atoms with Gasteiger partial charge in [-0.05, 0) is 37.0 Å². The van der Waals surface area contributed by atoms with Gasteiger partial charge < -0.3 is 14.7 Å². The van der Waals surface area contributed by atoms with Crippen LogP contribution in [0.4, 0.5) is 0 Å². The Labute approximate surface area is 159 Å². The zero-order valence-corrected chi connectivity index (χ0v) is 15.5. The van der Waals surface area contributed by atoms with Crippen molar-refractivity contribution in [1.82, 2.24) is 19.7 Å². The largest absolute Gasteiger partial charge is 0.341 e. The summed E-state index contributed by atoms with van der Waals surface area (Å²) < 4.78 is 0. The Morgan fingerprint density at radius 1 is 0.963 bits per heavy atom. The first-order valence-electron chi connectivity index (χ1n) is 9.86. The highest BCUT2D eigenvalue weighted by molar-refractivity contribution is 5.89. The van der Waals surface area contributed by atoms with Gasteiger partial charge in [-0.3, -0.25) is 19.4 Å². The molecule has 27 heavy (non-hydrogen) atoms. The molecular weight excluding hydrogens is 344 g/mol. The van der Waals surface area contributed by atoms with Crippen molar-refractivity contribution in [2.24, 2.45) is 11.8 Å². The maximum absolute atomic E-state index is 13.0. The first-order chi connectivity index (χ1) is 13.1. The van der Waals surface area contributed by atoms with Crippen LogP contribution in [0.5, 0.6) is 0 Å². The highest BCUT2D eigenvalue weighted by atomic mass is 16.2. The van der Waals surface area contributed by atoms with Gasteiger partial charge in [0, 0.05) is 64.0 Å². The minimum absolute atomic E-state index is 0.0329. The number of amides is 3. The fraction of sp³-hybridized carbons (Fsp3) is 0.600. The summed E-state index contributed by atoms with van der Waals surface area (Å²) >= 11 is 0. The van der Waals surface area contributed by atoms with Crippen molar-refractivity contribution in [1.29, 1.82) is 0 Å². The van der Waals surface area contributed by atoms with E-state index in [1.807, 2.05) is 21.9 Å². The van der Waals surface area contributed by atoms with Crippen molar-refractivity contribution in [3.63, 3.8) is 0 Å². The molecule has 0 unspecified atom stereocenters. The molecule has 1 atom stereocenters. The average Bonchev–Trinajstić information content (AvgIpc) is 3.49. The molecule has 7 heteroatoms. The molecule has 0 radical (unpaired) electrons. The SMILES string of the molecule is O=C1C[C@H](C(=O)N2CCCN(C(=O)C3CC3)CC2)CN1Cc1ccncc1. The number of likely N-dealkylation sites (tertiary alicyclic amines) is 1. The van der Waals surface area contributed by atoms with Crippen molar-refractivity contribution in [2.75, 3.05) is 32.7 Å². The first-order valence-corrected chi connectivity index (χ1v) is 9.86. The molecule has 1 aromatic rings. The van der Waals surface area contributed by atoms with Crippen LogP contribution < -0.4 is 0 Å². The van der Waals surface area contributed by atoms with Crippen LogP contribution in [0.2, 0.25) is 0 Å². The van der Waals surface area contributed by atoms with Gasteiger partial charge >= 0.3 is 0 Å². The van der Waals surface area contributed by atoms with Gasteiger partial charge in [0.1, 0.15) is 0 Å². The fourth-order valence-corrected chi connectivity index (χ4v) is 4.00. The maximum atomic E-state index is 13.0. The van der Waals surface area contributed by atoms with Crippen LogP contribution in [-0.4, -0.2) is 70.1 Å². The maximum Gasteiger partial charge on any atom is 0.228 e. The van der Waals surface area contributed by atoms with Crippen LogP contribution >= 0.6 is 0 Å². The molecule has 3 amide bonds. The van der Waals surface area contributed by atoms with Gasteiger partial charge in [-0.1, -0.05) is 0 Å². The lowest BCUT2D eigenvalue weighted by Gasteiger charge is -2.24. The number of hydrogen-bond acceptors (Lipinski definition) is 4. The molecular formula is C20H26N4O3. The molecule has 0 N–H and O–H groups in total. The summed E-state index contributed by atoms with van der Waals surface area (Å²) in [4.78, 5) is 47.1. The number of pyridine rings is 1. The molecule has 3 aliphatic rings. The van der Waals surface area contributed by atoms with Gasteiger partial charge in [-0.15, -0.1) is 0 Å². The van der Waals surface area contributed by atoms with Gasteiger partial charge in [0.25, 0.3) is 0 Å². The van der Waals surface area contributed by atoms with Crippen molar-refractivity contribution in [3.05, 3.63) is 30.1 Å². The topological polar surface area (TPSA) is 73.8 Å². The molecule has 2 aliphatic heterocycles. The number of rotatable bonds is 4. The predicted molar refractivity (Wildman–Crippen MR) is 98.3 cm³/mol. The fourth-order valence-electron chi connectivity index (χ4n) is 4.00. The molecule has 7 nitrogen and oxygen atoms in total. The third kappa shape index (κ3) is 4.12. The second kappa shape index (κ2) is 7.66. The van der Waals surface area contributed by atoms with E-state index in [-0.39, 0.29) is 36.0 Å². The van der Waals surface area contributed by atoms with Crippen LogP contribution in [-0.2, 0) is 20.9 Å². The van der Waals surface area contributed by atoms with Crippen LogP contribution in [0.15, 0.2) is 24.5 Å². The molecule has 0 bridgehead atoms. The summed E-state index contributed by atoms with van der Waals surface area (Å²) in [7, 11) is 0. The molecule has 3 fully saturated rings. The molecule has 2 saturated heterocycles. The summed E-state index contributed by atoms with van der Waals surface area (Å²) in [5, 5.41) is 0. The van der Waals surface area contributed by atoms with Gasteiger partial charge in [-0.25, -0.2) is 0 Å².